The van der Waals surface area contributed by atoms with Gasteiger partial charge in [0.05, 0.1) is 6.20 Å². The quantitative estimate of drug-likeness (QED) is 0.0984. The van der Waals surface area contributed by atoms with Gasteiger partial charge in [-0.25, -0.2) is 14.3 Å². The highest BCUT2D eigenvalue weighted by Crippen LogP contribution is 2.23. The van der Waals surface area contributed by atoms with Crippen LogP contribution in [-0.2, 0) is 4.79 Å². The molecule has 1 aliphatic rings. The summed E-state index contributed by atoms with van der Waals surface area (Å²) in [5, 5.41) is 9.28. The fraction of sp³-hybridized carbons (Fsp3) is 0.786. The average molecular weight is 463 g/mol. The van der Waals surface area contributed by atoms with E-state index in [0.717, 1.165) is 18.7 Å². The number of aliphatic carboxylic acids is 1. The Morgan fingerprint density at radius 1 is 0.909 bits per heavy atom. The number of hydrogen-bond donors (Lipinski definition) is 2. The van der Waals surface area contributed by atoms with Crippen molar-refractivity contribution >= 4 is 11.8 Å². The first-order valence-corrected chi connectivity index (χ1v) is 13.8. The number of quaternary nitrogens is 1. The van der Waals surface area contributed by atoms with E-state index < -0.39 is 5.97 Å². The molecule has 0 aliphatic carbocycles. The van der Waals surface area contributed by atoms with Crippen LogP contribution in [0.5, 0.6) is 0 Å². The van der Waals surface area contributed by atoms with E-state index in [9.17, 15) is 9.90 Å². The van der Waals surface area contributed by atoms with Crippen LogP contribution in [0, 0.1) is 0 Å². The van der Waals surface area contributed by atoms with Gasteiger partial charge in [-0.15, -0.1) is 0 Å². The Morgan fingerprint density at radius 2 is 1.39 bits per heavy atom. The van der Waals surface area contributed by atoms with Crippen molar-refractivity contribution in [2.45, 2.75) is 136 Å². The van der Waals surface area contributed by atoms with Crippen molar-refractivity contribution < 1.29 is 14.4 Å². The molecule has 190 valence electrons. The number of carboxylic acids is 1. The zero-order chi connectivity index (χ0) is 24.2. The second kappa shape index (κ2) is 18.9. The second-order valence-corrected chi connectivity index (χ2v) is 9.81. The Hall–Kier alpha value is -1.46. The number of unbranched alkanes of at least 4 members (excludes halogenated alkanes) is 15. The van der Waals surface area contributed by atoms with Gasteiger partial charge in [0, 0.05) is 13.3 Å². The maximum absolute atomic E-state index is 11.3. The summed E-state index contributed by atoms with van der Waals surface area (Å²) in [6.07, 6.45) is 31.2. The summed E-state index contributed by atoms with van der Waals surface area (Å²) >= 11 is 0. The van der Waals surface area contributed by atoms with E-state index in [2.05, 4.69) is 24.1 Å². The minimum Gasteiger partial charge on any atom is -0.477 e. The topological polar surface area (TPSA) is 75.7 Å². The fourth-order valence-electron chi connectivity index (χ4n) is 4.65. The third-order valence-electron chi connectivity index (χ3n) is 6.82. The van der Waals surface area contributed by atoms with E-state index in [1.54, 1.807) is 6.20 Å². The maximum Gasteiger partial charge on any atom is 0.360 e. The van der Waals surface area contributed by atoms with Crippen LogP contribution in [0.25, 0.3) is 0 Å². The lowest BCUT2D eigenvalue weighted by Crippen LogP contribution is -2.59. The maximum atomic E-state index is 11.3. The smallest absolute Gasteiger partial charge is 0.360 e. The lowest BCUT2D eigenvalue weighted by atomic mass is 10.1. The number of aliphatic imine (C=N–C) groups is 1. The third-order valence-corrected chi connectivity index (χ3v) is 6.82. The van der Waals surface area contributed by atoms with Crippen LogP contribution in [0.15, 0.2) is 29.5 Å². The van der Waals surface area contributed by atoms with E-state index in [4.69, 9.17) is 5.73 Å². The van der Waals surface area contributed by atoms with Gasteiger partial charge in [-0.2, -0.15) is 0 Å². The van der Waals surface area contributed by atoms with Crippen molar-refractivity contribution in [1.29, 1.82) is 0 Å². The number of rotatable bonds is 22. The van der Waals surface area contributed by atoms with Crippen LogP contribution < -0.4 is 5.73 Å². The fourth-order valence-corrected chi connectivity index (χ4v) is 4.65. The van der Waals surface area contributed by atoms with Crippen molar-refractivity contribution in [2.24, 2.45) is 10.7 Å². The SMILES string of the molecule is CCCCCCCCCCC/C=C/CCCCCCCCC1=NC=C[N+]1(CC(=O)O)C(C)N. The van der Waals surface area contributed by atoms with Crippen molar-refractivity contribution in [3.63, 3.8) is 0 Å². The van der Waals surface area contributed by atoms with Crippen LogP contribution in [0.4, 0.5) is 0 Å². The van der Waals surface area contributed by atoms with Crippen LogP contribution in [0.2, 0.25) is 0 Å². The van der Waals surface area contributed by atoms with Crippen molar-refractivity contribution in [1.82, 2.24) is 0 Å². The highest BCUT2D eigenvalue weighted by molar-refractivity contribution is 5.81. The van der Waals surface area contributed by atoms with E-state index in [1.165, 1.54) is 103 Å². The molecule has 2 unspecified atom stereocenters. The van der Waals surface area contributed by atoms with Gasteiger partial charge in [0.2, 0.25) is 5.84 Å². The summed E-state index contributed by atoms with van der Waals surface area (Å²) in [5.41, 5.74) is 6.12. The molecule has 0 radical (unpaired) electrons. The van der Waals surface area contributed by atoms with Crippen LogP contribution in [0.3, 0.4) is 0 Å². The Morgan fingerprint density at radius 3 is 1.88 bits per heavy atom. The largest absolute Gasteiger partial charge is 0.477 e. The number of carboxylic acid groups (broad SMARTS) is 1. The molecule has 0 saturated heterocycles. The molecule has 2 atom stereocenters. The molecule has 0 aromatic carbocycles. The van der Waals surface area contributed by atoms with Crippen LogP contribution in [0.1, 0.15) is 129 Å². The predicted octanol–water partition coefficient (Wildman–Crippen LogP) is 7.67. The number of hydrogen-bond acceptors (Lipinski definition) is 3. The van der Waals surface area contributed by atoms with E-state index >= 15 is 0 Å². The third kappa shape index (κ3) is 13.1. The molecule has 5 heteroatoms. The Bertz CT molecular complexity index is 598. The van der Waals surface area contributed by atoms with E-state index in [1.807, 2.05) is 13.1 Å². The van der Waals surface area contributed by atoms with Crippen LogP contribution in [-0.4, -0.2) is 34.1 Å². The molecular weight excluding hydrogens is 410 g/mol. The molecule has 1 heterocycles. The number of amidine groups is 1. The lowest BCUT2D eigenvalue weighted by Gasteiger charge is -2.34. The molecule has 5 nitrogen and oxygen atoms in total. The van der Waals surface area contributed by atoms with Crippen molar-refractivity contribution in [2.75, 3.05) is 6.54 Å². The highest BCUT2D eigenvalue weighted by atomic mass is 16.4. The van der Waals surface area contributed by atoms with Crippen LogP contribution >= 0.6 is 0 Å². The molecule has 0 spiro atoms. The first kappa shape index (κ1) is 29.6. The van der Waals surface area contributed by atoms with E-state index in [-0.39, 0.29) is 17.2 Å². The minimum atomic E-state index is -0.839. The number of carbonyl (C=O) groups is 1. The first-order valence-electron chi connectivity index (χ1n) is 13.8. The van der Waals surface area contributed by atoms with Gasteiger partial charge in [0.15, 0.2) is 6.54 Å². The van der Waals surface area contributed by atoms with E-state index in [0.29, 0.717) is 0 Å². The molecule has 1 rings (SSSR count). The van der Waals surface area contributed by atoms with Crippen molar-refractivity contribution in [3.8, 4) is 0 Å². The zero-order valence-electron chi connectivity index (χ0n) is 21.6. The summed E-state index contributed by atoms with van der Waals surface area (Å²) in [6, 6.07) is 0. The normalized spacial score (nSPS) is 18.8. The van der Waals surface area contributed by atoms with Gasteiger partial charge in [0.25, 0.3) is 0 Å². The standard InChI is InChI=1S/C28H51N3O2/c1-3-4-5-6-7-8-9-10-11-12-13-14-15-16-17-18-19-20-21-22-27-30-23-24-31(27,26(2)29)25-28(32)33/h13-14,23-24,26H,3-12,15-22,25,29H2,1-2H3/p+1/b14-13+. The Balaban J connectivity index is 1.95. The van der Waals surface area contributed by atoms with Gasteiger partial charge in [0.1, 0.15) is 12.4 Å². The monoisotopic (exact) mass is 462 g/mol. The molecule has 0 aromatic rings. The van der Waals surface area contributed by atoms with Gasteiger partial charge in [-0.1, -0.05) is 96.1 Å². The predicted molar refractivity (Wildman–Crippen MR) is 141 cm³/mol. The summed E-state index contributed by atoms with van der Waals surface area (Å²) in [7, 11) is 0. The second-order valence-electron chi connectivity index (χ2n) is 9.81. The number of allylic oxidation sites excluding steroid dienone is 2. The summed E-state index contributed by atoms with van der Waals surface area (Å²) in [6.45, 7) is 4.11. The number of nitrogens with zero attached hydrogens (tertiary/aromatic N) is 2. The van der Waals surface area contributed by atoms with Gasteiger partial charge >= 0.3 is 5.97 Å². The molecule has 0 aromatic heterocycles. The highest BCUT2D eigenvalue weighted by Gasteiger charge is 2.40. The van der Waals surface area contributed by atoms with Gasteiger partial charge < -0.3 is 5.11 Å². The molecule has 0 bridgehead atoms. The molecule has 0 amide bonds. The number of nitrogens with two attached hydrogens (primary N) is 1. The molecule has 0 saturated carbocycles. The molecule has 33 heavy (non-hydrogen) atoms. The lowest BCUT2D eigenvalue weighted by molar-refractivity contribution is -0.805. The Kier molecular flexibility index (Phi) is 16.9. The van der Waals surface area contributed by atoms with Gasteiger partial charge in [-0.3, -0.25) is 5.73 Å². The summed E-state index contributed by atoms with van der Waals surface area (Å²) in [5.74, 6) is 0.0540. The Labute approximate surface area is 203 Å². The van der Waals surface area contributed by atoms with Gasteiger partial charge in [-0.05, 0) is 32.1 Å². The minimum absolute atomic E-state index is 0.0281. The average Bonchev–Trinajstić information content (AvgIpc) is 3.18. The summed E-state index contributed by atoms with van der Waals surface area (Å²) < 4.78 is 0.167. The molecular formula is C28H52N3O2+. The molecule has 1 aliphatic heterocycles. The zero-order valence-corrected chi connectivity index (χ0v) is 21.6. The summed E-state index contributed by atoms with van der Waals surface area (Å²) in [4.78, 5) is 15.7. The molecule has 0 fully saturated rings. The van der Waals surface area contributed by atoms with Crippen molar-refractivity contribution in [3.05, 3.63) is 24.6 Å². The molecule has 3 N–H and O–H groups in total. The first-order chi connectivity index (χ1) is 16.0.